The fourth-order valence-corrected chi connectivity index (χ4v) is 4.82. The van der Waals surface area contributed by atoms with Gasteiger partial charge in [-0.05, 0) is 34.6 Å². The topological polar surface area (TPSA) is 114 Å². The molecule has 0 aromatic heterocycles. The number of alkyl carbamates (subject to hydrolysis) is 1. The molecule has 0 radical (unpaired) electrons. The summed E-state index contributed by atoms with van der Waals surface area (Å²) >= 11 is 0. The number of hydrogen-bond donors (Lipinski definition) is 3. The largest absolute Gasteiger partial charge is 0.480 e. The third-order valence-electron chi connectivity index (χ3n) is 7.08. The highest BCUT2D eigenvalue weighted by atomic mass is 16.6. The lowest BCUT2D eigenvalue weighted by molar-refractivity contribution is -0.143. The molecule has 1 fully saturated rings. The molecule has 2 aromatic carbocycles. The summed E-state index contributed by atoms with van der Waals surface area (Å²) < 4.78 is 11.0. The summed E-state index contributed by atoms with van der Waals surface area (Å²) in [6.07, 6.45) is 0.602. The first-order valence-electron chi connectivity index (χ1n) is 12.1. The van der Waals surface area contributed by atoms with Crippen LogP contribution in [0.15, 0.2) is 48.5 Å². The zero-order valence-corrected chi connectivity index (χ0v) is 20.1. The van der Waals surface area contributed by atoms with Gasteiger partial charge in [0.05, 0.1) is 6.61 Å². The molecular weight excluding hydrogens is 448 g/mol. The summed E-state index contributed by atoms with van der Waals surface area (Å²) in [6, 6.07) is 15.0. The summed E-state index contributed by atoms with van der Waals surface area (Å²) in [5, 5.41) is 14.9. The number of carboxylic acids is 1. The van der Waals surface area contributed by atoms with Crippen molar-refractivity contribution in [1.29, 1.82) is 0 Å². The number of ether oxygens (including phenoxy) is 2. The molecule has 2 aliphatic rings. The molecule has 3 unspecified atom stereocenters. The second kappa shape index (κ2) is 10.5. The second-order valence-corrected chi connectivity index (χ2v) is 9.45. The van der Waals surface area contributed by atoms with Gasteiger partial charge >= 0.3 is 12.1 Å². The summed E-state index contributed by atoms with van der Waals surface area (Å²) in [6.45, 7) is 4.25. The Morgan fingerprint density at radius 3 is 2.29 bits per heavy atom. The van der Waals surface area contributed by atoms with E-state index in [4.69, 9.17) is 9.47 Å². The normalized spacial score (nSPS) is 20.4. The van der Waals surface area contributed by atoms with Crippen molar-refractivity contribution < 1.29 is 29.0 Å². The van der Waals surface area contributed by atoms with E-state index in [1.54, 1.807) is 0 Å². The molecule has 3 N–H and O–H groups in total. The van der Waals surface area contributed by atoms with E-state index in [0.717, 1.165) is 28.7 Å². The first-order chi connectivity index (χ1) is 16.8. The van der Waals surface area contributed by atoms with Gasteiger partial charge in [-0.1, -0.05) is 68.8 Å². The maximum Gasteiger partial charge on any atom is 0.408 e. The number of nitrogens with one attached hydrogen (secondary N) is 2. The lowest BCUT2D eigenvalue weighted by Crippen LogP contribution is -2.62. The van der Waals surface area contributed by atoms with Crippen molar-refractivity contribution in [2.75, 3.05) is 19.8 Å². The minimum atomic E-state index is -1.37. The molecule has 8 heteroatoms. The van der Waals surface area contributed by atoms with Crippen molar-refractivity contribution in [2.45, 2.75) is 50.6 Å². The molecule has 8 nitrogen and oxygen atoms in total. The molecular formula is C27H32N2O6. The first-order valence-corrected chi connectivity index (χ1v) is 12.1. The van der Waals surface area contributed by atoms with E-state index >= 15 is 0 Å². The van der Waals surface area contributed by atoms with Crippen molar-refractivity contribution in [3.05, 3.63) is 59.7 Å². The maximum absolute atomic E-state index is 13.2. The summed E-state index contributed by atoms with van der Waals surface area (Å²) in [5.74, 6) is -1.65. The van der Waals surface area contributed by atoms with Crippen molar-refractivity contribution in [1.82, 2.24) is 10.6 Å². The Kier molecular flexibility index (Phi) is 7.40. The molecule has 0 saturated carbocycles. The van der Waals surface area contributed by atoms with Gasteiger partial charge in [-0.15, -0.1) is 0 Å². The van der Waals surface area contributed by atoms with Gasteiger partial charge in [0.15, 0.2) is 0 Å². The highest BCUT2D eigenvalue weighted by Crippen LogP contribution is 2.44. The molecule has 35 heavy (non-hydrogen) atoms. The van der Waals surface area contributed by atoms with Crippen LogP contribution in [0.2, 0.25) is 0 Å². The molecule has 0 spiro atoms. The van der Waals surface area contributed by atoms with Crippen LogP contribution in [0.4, 0.5) is 4.79 Å². The predicted octanol–water partition coefficient (Wildman–Crippen LogP) is 3.69. The number of hydrogen-bond acceptors (Lipinski definition) is 5. The fraction of sp³-hybridized carbons (Fsp3) is 0.444. The van der Waals surface area contributed by atoms with Gasteiger partial charge < -0.3 is 25.2 Å². The molecule has 186 valence electrons. The average molecular weight is 481 g/mol. The Hall–Kier alpha value is -3.39. The van der Waals surface area contributed by atoms with Crippen LogP contribution in [0, 0.1) is 5.92 Å². The van der Waals surface area contributed by atoms with E-state index < -0.39 is 29.6 Å². The van der Waals surface area contributed by atoms with Gasteiger partial charge in [-0.3, -0.25) is 4.79 Å². The van der Waals surface area contributed by atoms with Crippen LogP contribution in [0.1, 0.15) is 50.2 Å². The maximum atomic E-state index is 13.2. The Bertz CT molecular complexity index is 1050. The smallest absolute Gasteiger partial charge is 0.408 e. The van der Waals surface area contributed by atoms with Gasteiger partial charge in [0, 0.05) is 18.9 Å². The molecule has 1 saturated heterocycles. The minimum Gasteiger partial charge on any atom is -0.480 e. The van der Waals surface area contributed by atoms with E-state index in [9.17, 15) is 19.5 Å². The van der Waals surface area contributed by atoms with Crippen LogP contribution < -0.4 is 10.6 Å². The average Bonchev–Trinajstić information content (AvgIpc) is 3.45. The van der Waals surface area contributed by atoms with Crippen molar-refractivity contribution in [2.24, 2.45) is 5.92 Å². The van der Waals surface area contributed by atoms with Crippen molar-refractivity contribution in [3.8, 4) is 11.1 Å². The Labute approximate surface area is 205 Å². The van der Waals surface area contributed by atoms with Crippen LogP contribution in [-0.2, 0) is 19.1 Å². The number of carboxylic acid groups (broad SMARTS) is 1. The number of aliphatic carboxylic acids is 1. The van der Waals surface area contributed by atoms with Crippen LogP contribution in [0.3, 0.4) is 0 Å². The highest BCUT2D eigenvalue weighted by molar-refractivity contribution is 5.93. The number of rotatable bonds is 9. The van der Waals surface area contributed by atoms with Gasteiger partial charge in [0.25, 0.3) is 0 Å². The van der Waals surface area contributed by atoms with Crippen LogP contribution >= 0.6 is 0 Å². The van der Waals surface area contributed by atoms with Gasteiger partial charge in [-0.25, -0.2) is 9.59 Å². The zero-order valence-electron chi connectivity index (χ0n) is 20.1. The molecule has 2 aromatic rings. The molecule has 4 rings (SSSR count). The van der Waals surface area contributed by atoms with E-state index in [1.165, 1.54) is 0 Å². The lowest BCUT2D eigenvalue weighted by Gasteiger charge is -2.29. The summed E-state index contributed by atoms with van der Waals surface area (Å²) in [7, 11) is 0. The number of carbonyl (C=O) groups excluding carboxylic acids is 2. The summed E-state index contributed by atoms with van der Waals surface area (Å²) in [4.78, 5) is 37.7. The van der Waals surface area contributed by atoms with Crippen molar-refractivity contribution in [3.63, 3.8) is 0 Å². The Morgan fingerprint density at radius 2 is 1.74 bits per heavy atom. The Morgan fingerprint density at radius 1 is 1.11 bits per heavy atom. The predicted molar refractivity (Wildman–Crippen MR) is 130 cm³/mol. The third kappa shape index (κ3) is 5.17. The van der Waals surface area contributed by atoms with E-state index in [-0.39, 0.29) is 38.1 Å². The monoisotopic (exact) mass is 480 g/mol. The van der Waals surface area contributed by atoms with E-state index in [1.807, 2.05) is 50.2 Å². The molecule has 2 amide bonds. The molecule has 3 atom stereocenters. The SMILES string of the molecule is CCC(C)CC(NC(=O)C1(NC(=O)OCC2c3ccccc3-c3ccccc32)CCOC1)C(=O)O. The second-order valence-electron chi connectivity index (χ2n) is 9.45. The Balaban J connectivity index is 1.43. The number of amides is 2. The quantitative estimate of drug-likeness (QED) is 0.504. The molecule has 1 aliphatic heterocycles. The third-order valence-corrected chi connectivity index (χ3v) is 7.08. The zero-order chi connectivity index (χ0) is 25.0. The van der Waals surface area contributed by atoms with Crippen LogP contribution in [0.25, 0.3) is 11.1 Å². The molecule has 1 aliphatic carbocycles. The standard InChI is InChI=1S/C27H32N2O6/c1-3-17(2)14-23(24(30)31)28-25(32)27(12-13-34-16-27)29-26(33)35-15-22-20-10-6-4-8-18(20)19-9-5-7-11-21(19)22/h4-11,17,22-23H,3,12-16H2,1-2H3,(H,28,32)(H,29,33)(H,30,31). The lowest BCUT2D eigenvalue weighted by atomic mass is 9.95. The van der Waals surface area contributed by atoms with E-state index in [2.05, 4.69) is 22.8 Å². The summed E-state index contributed by atoms with van der Waals surface area (Å²) in [5.41, 5.74) is 3.06. The molecule has 0 bridgehead atoms. The number of fused-ring (bicyclic) bond motifs is 3. The molecule has 1 heterocycles. The minimum absolute atomic E-state index is 0.0430. The van der Waals surface area contributed by atoms with Gasteiger partial charge in [0.2, 0.25) is 5.91 Å². The van der Waals surface area contributed by atoms with Gasteiger partial charge in [0.1, 0.15) is 18.2 Å². The highest BCUT2D eigenvalue weighted by Gasteiger charge is 2.45. The fourth-order valence-electron chi connectivity index (χ4n) is 4.82. The number of benzene rings is 2. The van der Waals surface area contributed by atoms with Crippen LogP contribution in [-0.4, -0.2) is 54.5 Å². The number of carbonyl (C=O) groups is 3. The first kappa shape index (κ1) is 24.7. The van der Waals surface area contributed by atoms with Crippen molar-refractivity contribution >= 4 is 18.0 Å². The van der Waals surface area contributed by atoms with Crippen LogP contribution in [0.5, 0.6) is 0 Å². The van der Waals surface area contributed by atoms with E-state index in [0.29, 0.717) is 6.42 Å². The van der Waals surface area contributed by atoms with Gasteiger partial charge in [-0.2, -0.15) is 0 Å².